The quantitative estimate of drug-likeness (QED) is 0.559. The molecule has 3 N–H and O–H groups in total. The molecule has 1 aliphatic carbocycles. The van der Waals surface area contributed by atoms with Crippen molar-refractivity contribution in [2.75, 3.05) is 6.54 Å². The van der Waals surface area contributed by atoms with Gasteiger partial charge in [0.1, 0.15) is 0 Å². The van der Waals surface area contributed by atoms with Crippen molar-refractivity contribution in [3.05, 3.63) is 29.1 Å². The molecule has 140 valence electrons. The predicted molar refractivity (Wildman–Crippen MR) is 94.5 cm³/mol. The largest absolute Gasteiger partial charge is 0.349 e. The van der Waals surface area contributed by atoms with Crippen LogP contribution in [0.2, 0.25) is 0 Å². The Morgan fingerprint density at radius 3 is 2.88 bits per heavy atom. The molecular weight excluding hydrogens is 332 g/mol. The summed E-state index contributed by atoms with van der Waals surface area (Å²) in [4.78, 5) is 30.8. The molecule has 0 aromatic carbocycles. The SMILES string of the molecule is CC[C@H]1Cc2ncc(C(=O)NO)cc2CN1CC12CCC(CC1)C(=O)N2. The van der Waals surface area contributed by atoms with Crippen LogP contribution in [0.3, 0.4) is 0 Å². The summed E-state index contributed by atoms with van der Waals surface area (Å²) >= 11 is 0. The molecule has 2 bridgehead atoms. The van der Waals surface area contributed by atoms with Crippen LogP contribution in [0.15, 0.2) is 12.3 Å². The van der Waals surface area contributed by atoms with Gasteiger partial charge in [0.2, 0.25) is 5.91 Å². The zero-order valence-electron chi connectivity index (χ0n) is 15.1. The Balaban J connectivity index is 1.57. The Hall–Kier alpha value is -1.99. The molecule has 2 amide bonds. The fourth-order valence-corrected chi connectivity index (χ4v) is 4.84. The van der Waals surface area contributed by atoms with Crippen LogP contribution in [-0.4, -0.2) is 45.0 Å². The van der Waals surface area contributed by atoms with E-state index in [2.05, 4.69) is 22.1 Å². The van der Waals surface area contributed by atoms with Crippen molar-refractivity contribution >= 4 is 11.8 Å². The van der Waals surface area contributed by atoms with Gasteiger partial charge < -0.3 is 5.32 Å². The number of rotatable bonds is 4. The van der Waals surface area contributed by atoms with Gasteiger partial charge in [-0.15, -0.1) is 0 Å². The zero-order valence-corrected chi connectivity index (χ0v) is 15.1. The second-order valence-electron chi connectivity index (χ2n) is 7.99. The third kappa shape index (κ3) is 2.99. The first kappa shape index (κ1) is 17.4. The van der Waals surface area contributed by atoms with Crippen LogP contribution in [0.4, 0.5) is 0 Å². The number of carbonyl (C=O) groups is 2. The molecule has 1 atom stereocenters. The van der Waals surface area contributed by atoms with Gasteiger partial charge in [0, 0.05) is 43.4 Å². The minimum absolute atomic E-state index is 0.107. The van der Waals surface area contributed by atoms with Crippen molar-refractivity contribution in [3.63, 3.8) is 0 Å². The van der Waals surface area contributed by atoms with E-state index in [9.17, 15) is 9.59 Å². The fourth-order valence-electron chi connectivity index (χ4n) is 4.84. The lowest BCUT2D eigenvalue weighted by atomic mass is 9.71. The lowest BCUT2D eigenvalue weighted by Crippen LogP contribution is -2.64. The summed E-state index contributed by atoms with van der Waals surface area (Å²) in [5, 5.41) is 12.1. The van der Waals surface area contributed by atoms with Gasteiger partial charge in [0.15, 0.2) is 0 Å². The molecule has 3 aliphatic heterocycles. The Labute approximate surface area is 153 Å². The molecule has 4 aliphatic rings. The van der Waals surface area contributed by atoms with Crippen molar-refractivity contribution in [1.29, 1.82) is 0 Å². The van der Waals surface area contributed by atoms with Crippen molar-refractivity contribution in [2.45, 2.75) is 63.6 Å². The van der Waals surface area contributed by atoms with Crippen LogP contribution in [0.25, 0.3) is 0 Å². The summed E-state index contributed by atoms with van der Waals surface area (Å²) in [5.74, 6) is -0.109. The van der Waals surface area contributed by atoms with Gasteiger partial charge in [0.25, 0.3) is 5.91 Å². The lowest BCUT2D eigenvalue weighted by Gasteiger charge is -2.50. The first-order valence-corrected chi connectivity index (χ1v) is 9.52. The molecule has 4 heterocycles. The van der Waals surface area contributed by atoms with Crippen molar-refractivity contribution < 1.29 is 14.8 Å². The number of pyridine rings is 1. The number of fused-ring (bicyclic) bond motifs is 4. The number of hydrogen-bond acceptors (Lipinski definition) is 5. The van der Waals surface area contributed by atoms with Gasteiger partial charge in [0.05, 0.1) is 11.1 Å². The number of hydroxylamine groups is 1. The van der Waals surface area contributed by atoms with Gasteiger partial charge in [-0.1, -0.05) is 6.92 Å². The van der Waals surface area contributed by atoms with E-state index in [4.69, 9.17) is 5.21 Å². The number of piperidine rings is 2. The number of nitrogens with one attached hydrogen (secondary N) is 2. The number of aromatic nitrogens is 1. The van der Waals surface area contributed by atoms with Gasteiger partial charge in [-0.3, -0.25) is 24.7 Å². The summed E-state index contributed by atoms with van der Waals surface area (Å²) in [7, 11) is 0. The first-order chi connectivity index (χ1) is 12.5. The monoisotopic (exact) mass is 358 g/mol. The average molecular weight is 358 g/mol. The second kappa shape index (κ2) is 6.63. The highest BCUT2D eigenvalue weighted by atomic mass is 16.5. The Morgan fingerprint density at radius 2 is 2.23 bits per heavy atom. The second-order valence-corrected chi connectivity index (χ2v) is 7.99. The molecule has 7 nitrogen and oxygen atoms in total. The number of hydrogen-bond donors (Lipinski definition) is 3. The van der Waals surface area contributed by atoms with Crippen LogP contribution in [0.5, 0.6) is 0 Å². The number of amides is 2. The molecule has 1 aromatic rings. The Bertz CT molecular complexity index is 727. The van der Waals surface area contributed by atoms with E-state index in [-0.39, 0.29) is 17.4 Å². The highest BCUT2D eigenvalue weighted by molar-refractivity contribution is 5.93. The molecule has 1 saturated carbocycles. The summed E-state index contributed by atoms with van der Waals surface area (Å²) < 4.78 is 0. The van der Waals surface area contributed by atoms with Crippen molar-refractivity contribution in [2.24, 2.45) is 5.92 Å². The van der Waals surface area contributed by atoms with Gasteiger partial charge in [-0.2, -0.15) is 0 Å². The number of carbonyl (C=O) groups excluding carboxylic acids is 2. The topological polar surface area (TPSA) is 94.6 Å². The van der Waals surface area contributed by atoms with E-state index in [0.29, 0.717) is 18.2 Å². The standard InChI is InChI=1S/C19H26N4O3/c1-2-15-8-16-14(7-13(9-20-16)18(25)22-26)10-23(15)11-19-5-3-12(4-6-19)17(24)21-19/h7,9,12,15,26H,2-6,8,10-11H2,1H3,(H,21,24)(H,22,25)/t12?,15-,19?/m0/s1. The normalized spacial score (nSPS) is 30.6. The fraction of sp³-hybridized carbons (Fsp3) is 0.632. The highest BCUT2D eigenvalue weighted by Crippen LogP contribution is 2.39. The van der Waals surface area contributed by atoms with E-state index in [1.807, 2.05) is 6.07 Å². The first-order valence-electron chi connectivity index (χ1n) is 9.52. The molecule has 0 spiro atoms. The highest BCUT2D eigenvalue weighted by Gasteiger charge is 2.46. The average Bonchev–Trinajstić information content (AvgIpc) is 2.66. The van der Waals surface area contributed by atoms with Crippen LogP contribution in [-0.2, 0) is 17.8 Å². The minimum atomic E-state index is -0.541. The van der Waals surface area contributed by atoms with Gasteiger partial charge in [-0.05, 0) is 43.7 Å². The predicted octanol–water partition coefficient (Wildman–Crippen LogP) is 1.40. The molecule has 1 aromatic heterocycles. The summed E-state index contributed by atoms with van der Waals surface area (Å²) in [6.07, 6.45) is 7.48. The molecule has 7 heteroatoms. The van der Waals surface area contributed by atoms with E-state index < -0.39 is 5.91 Å². The van der Waals surface area contributed by atoms with Crippen LogP contribution < -0.4 is 10.8 Å². The maximum atomic E-state index is 12.2. The summed E-state index contributed by atoms with van der Waals surface area (Å²) in [6, 6.07) is 2.21. The summed E-state index contributed by atoms with van der Waals surface area (Å²) in [6.45, 7) is 3.75. The summed E-state index contributed by atoms with van der Waals surface area (Å²) in [5.41, 5.74) is 3.98. The van der Waals surface area contributed by atoms with Gasteiger partial charge >= 0.3 is 0 Å². The maximum absolute atomic E-state index is 12.2. The Kier molecular flexibility index (Phi) is 4.44. The van der Waals surface area contributed by atoms with Gasteiger partial charge in [-0.25, -0.2) is 5.48 Å². The smallest absolute Gasteiger partial charge is 0.276 e. The lowest BCUT2D eigenvalue weighted by molar-refractivity contribution is -0.135. The Morgan fingerprint density at radius 1 is 1.46 bits per heavy atom. The number of nitrogens with zero attached hydrogens (tertiary/aromatic N) is 2. The van der Waals surface area contributed by atoms with Crippen molar-refractivity contribution in [3.8, 4) is 0 Å². The molecule has 0 unspecified atom stereocenters. The molecule has 0 radical (unpaired) electrons. The van der Waals surface area contributed by atoms with E-state index >= 15 is 0 Å². The zero-order chi connectivity index (χ0) is 18.3. The molecule has 3 fully saturated rings. The molecule has 26 heavy (non-hydrogen) atoms. The molecular formula is C19H26N4O3. The van der Waals surface area contributed by atoms with Crippen LogP contribution in [0.1, 0.15) is 60.6 Å². The molecule has 5 rings (SSSR count). The van der Waals surface area contributed by atoms with E-state index in [1.54, 1.807) is 5.48 Å². The maximum Gasteiger partial charge on any atom is 0.276 e. The molecule has 2 saturated heterocycles. The third-order valence-electron chi connectivity index (χ3n) is 6.42. The van der Waals surface area contributed by atoms with Crippen molar-refractivity contribution in [1.82, 2.24) is 20.7 Å². The van der Waals surface area contributed by atoms with Crippen LogP contribution in [0, 0.1) is 5.92 Å². The van der Waals surface area contributed by atoms with E-state index in [0.717, 1.165) is 56.3 Å². The van der Waals surface area contributed by atoms with E-state index in [1.165, 1.54) is 6.20 Å². The minimum Gasteiger partial charge on any atom is -0.349 e. The third-order valence-corrected chi connectivity index (χ3v) is 6.42. The van der Waals surface area contributed by atoms with Crippen LogP contribution >= 0.6 is 0 Å².